The van der Waals surface area contributed by atoms with Gasteiger partial charge in [0.15, 0.2) is 0 Å². The van der Waals surface area contributed by atoms with Crippen molar-refractivity contribution in [2.75, 3.05) is 14.7 Å². The molecule has 0 amide bonds. The Balaban J connectivity index is 1.27. The van der Waals surface area contributed by atoms with Gasteiger partial charge in [-0.15, -0.1) is 0 Å². The van der Waals surface area contributed by atoms with Crippen LogP contribution in [0.3, 0.4) is 0 Å². The second kappa shape index (κ2) is 20.6. The Bertz CT molecular complexity index is 3860. The van der Waals surface area contributed by atoms with Crippen molar-refractivity contribution in [2.45, 2.75) is 53.1 Å². The summed E-state index contributed by atoms with van der Waals surface area (Å²) in [6.07, 6.45) is 0. The third kappa shape index (κ3) is 9.39. The van der Waals surface area contributed by atoms with Crippen molar-refractivity contribution in [1.82, 2.24) is 0 Å². The third-order valence-electron chi connectivity index (χ3n) is 16.5. The van der Waals surface area contributed by atoms with Gasteiger partial charge < -0.3 is 14.7 Å². The first-order valence-corrected chi connectivity index (χ1v) is 35.5. The van der Waals surface area contributed by atoms with Gasteiger partial charge in [0.2, 0.25) is 0 Å². The molecule has 11 aromatic rings. The molecule has 0 aliphatic carbocycles. The van der Waals surface area contributed by atoms with E-state index in [1.807, 2.05) is 17.0 Å². The molecule has 0 atom stereocenters. The van der Waals surface area contributed by atoms with Crippen LogP contribution in [0.4, 0.5) is 60.0 Å². The lowest BCUT2D eigenvalue weighted by atomic mass is 9.33. The molecular formula is C74H64BF2N3Si2. The maximum absolute atomic E-state index is 16.1. The first-order chi connectivity index (χ1) is 39.6. The molecule has 3 nitrogen and oxygen atoms in total. The second-order valence-electron chi connectivity index (χ2n) is 24.2. The van der Waals surface area contributed by atoms with Crippen LogP contribution in [0.5, 0.6) is 0 Å². The van der Waals surface area contributed by atoms with E-state index < -0.39 is 16.1 Å². The van der Waals surface area contributed by atoms with Gasteiger partial charge in [-0.2, -0.15) is 0 Å². The zero-order valence-electron chi connectivity index (χ0n) is 47.8. The normalized spacial score (nSPS) is 12.7. The third-order valence-corrected chi connectivity index (χ3v) is 20.6. The van der Waals surface area contributed by atoms with Gasteiger partial charge in [0.05, 0.1) is 33.2 Å². The summed E-state index contributed by atoms with van der Waals surface area (Å²) >= 11 is 0. The van der Waals surface area contributed by atoms with Crippen LogP contribution < -0.4 is 41.5 Å². The lowest BCUT2D eigenvalue weighted by Crippen LogP contribution is -2.62. The molecule has 0 radical (unpaired) electrons. The number of anilines is 9. The summed E-state index contributed by atoms with van der Waals surface area (Å²) in [7, 11) is -3.96. The van der Waals surface area contributed by atoms with Crippen molar-refractivity contribution in [3.63, 3.8) is 0 Å². The zero-order chi connectivity index (χ0) is 56.6. The molecule has 0 unspecified atom stereocenters. The molecule has 2 aliphatic heterocycles. The summed E-state index contributed by atoms with van der Waals surface area (Å²) in [6.45, 7) is 18.8. The first kappa shape index (κ1) is 52.5. The monoisotopic (exact) mass is 1100 g/mol. The zero-order valence-corrected chi connectivity index (χ0v) is 49.8. The van der Waals surface area contributed by atoms with Gasteiger partial charge in [-0.3, -0.25) is 0 Å². The van der Waals surface area contributed by atoms with Crippen LogP contribution in [0.2, 0.25) is 39.3 Å². The summed E-state index contributed by atoms with van der Waals surface area (Å²) in [4.78, 5) is 7.18. The number of nitrogens with zero attached hydrogens (tertiary/aromatic N) is 3. The van der Waals surface area contributed by atoms with Gasteiger partial charge in [0.1, 0.15) is 11.6 Å². The van der Waals surface area contributed by atoms with E-state index in [1.165, 1.54) is 33.4 Å². The fraction of sp³-hybridized carbons (Fsp3) is 0.108. The molecule has 82 heavy (non-hydrogen) atoms. The number of rotatable bonds is 11. The minimum Gasteiger partial charge on any atom is -0.310 e. The van der Waals surface area contributed by atoms with Crippen LogP contribution in [0.15, 0.2) is 243 Å². The molecule has 13 rings (SSSR count). The predicted octanol–water partition coefficient (Wildman–Crippen LogP) is 17.9. The quantitative estimate of drug-likeness (QED) is 0.120. The Hall–Kier alpha value is -8.82. The average molecular weight is 1100 g/mol. The van der Waals surface area contributed by atoms with E-state index in [9.17, 15) is 0 Å². The summed E-state index contributed by atoms with van der Waals surface area (Å²) in [5.74, 6) is -0.775. The lowest BCUT2D eigenvalue weighted by molar-refractivity contribution is 0.627. The summed E-state index contributed by atoms with van der Waals surface area (Å²) in [6, 6.07) is 85.3. The van der Waals surface area contributed by atoms with E-state index in [-0.39, 0.29) is 18.3 Å². The molecule has 0 fully saturated rings. The van der Waals surface area contributed by atoms with E-state index in [0.717, 1.165) is 101 Å². The number of benzene rings is 11. The van der Waals surface area contributed by atoms with E-state index >= 15 is 8.78 Å². The lowest BCUT2D eigenvalue weighted by Gasteiger charge is -2.47. The number of aryl methyl sites for hydroxylation is 2. The van der Waals surface area contributed by atoms with Gasteiger partial charge in [0.25, 0.3) is 6.71 Å². The molecule has 2 aliphatic rings. The number of fused-ring (bicyclic) bond motifs is 4. The molecular weight excluding hydrogens is 1040 g/mol. The predicted molar refractivity (Wildman–Crippen MR) is 352 cm³/mol. The van der Waals surface area contributed by atoms with Crippen LogP contribution in [0, 0.1) is 25.5 Å². The average Bonchev–Trinajstić information content (AvgIpc) is 3.67. The molecule has 400 valence electrons. The van der Waals surface area contributed by atoms with E-state index in [2.05, 4.69) is 257 Å². The summed E-state index contributed by atoms with van der Waals surface area (Å²) in [5, 5.41) is 2.69. The van der Waals surface area contributed by atoms with Gasteiger partial charge in [-0.25, -0.2) is 8.78 Å². The molecule has 0 spiro atoms. The van der Waals surface area contributed by atoms with Crippen LogP contribution in [-0.4, -0.2) is 22.9 Å². The number of hydrogen-bond donors (Lipinski definition) is 0. The molecule has 2 heterocycles. The highest BCUT2D eigenvalue weighted by Gasteiger charge is 2.46. The molecule has 0 saturated carbocycles. The van der Waals surface area contributed by atoms with Gasteiger partial charge >= 0.3 is 0 Å². The van der Waals surface area contributed by atoms with Crippen LogP contribution in [-0.2, 0) is 0 Å². The Morgan fingerprint density at radius 3 is 1.00 bits per heavy atom. The van der Waals surface area contributed by atoms with Gasteiger partial charge in [-0.1, -0.05) is 207 Å². The Kier molecular flexibility index (Phi) is 13.2. The first-order valence-electron chi connectivity index (χ1n) is 28.5. The SMILES string of the molecule is Cc1cc(-c2ccccc2)c(N2c3cc([Si](C)(C)C)ccc3B3c4ccc([Si](C)(C)C)cc4N(c4c(-c5ccccc5)cc(C)cc4-c4ccccc4)c4cc(N(c5cccc(F)c5)c5cccc(F)c5)cc2c43)c(-c2ccccc2)c1. The smallest absolute Gasteiger partial charge is 0.252 e. The maximum atomic E-state index is 16.1. The van der Waals surface area contributed by atoms with E-state index in [1.54, 1.807) is 24.3 Å². The van der Waals surface area contributed by atoms with Crippen LogP contribution in [0.25, 0.3) is 44.5 Å². The van der Waals surface area contributed by atoms with Crippen molar-refractivity contribution >= 4 is 101 Å². The topological polar surface area (TPSA) is 9.72 Å². The molecule has 0 saturated heterocycles. The second-order valence-corrected chi connectivity index (χ2v) is 34.4. The maximum Gasteiger partial charge on any atom is 0.252 e. The Labute approximate surface area is 484 Å². The van der Waals surface area contributed by atoms with E-state index in [4.69, 9.17) is 0 Å². The standard InChI is InChI=1S/C74H64BF2N3Si2/c1-49-39-62(51-23-13-9-14-24-51)73(63(40-49)52-25-15-10-16-26-52)79-68-47-60(81(3,4)5)35-37-66(68)75-67-38-36-61(82(6,7)8)48-69(67)80(74-64(53-27-17-11-18-28-53)41-50(2)42-65(74)54-29-19-12-20-30-54)71-46-59(45-70(79)72(71)75)78(57-33-21-31-55(76)43-57)58-34-22-32-56(77)44-58/h9-48H,1-8H3. The number of halogens is 2. The minimum atomic E-state index is -1.98. The van der Waals surface area contributed by atoms with Crippen LogP contribution in [0.1, 0.15) is 11.1 Å². The van der Waals surface area contributed by atoms with Crippen molar-refractivity contribution < 1.29 is 8.78 Å². The highest BCUT2D eigenvalue weighted by atomic mass is 28.3. The summed E-state index contributed by atoms with van der Waals surface area (Å²) < 4.78 is 32.1. The minimum absolute atomic E-state index is 0.226. The van der Waals surface area contributed by atoms with Crippen molar-refractivity contribution in [3.05, 3.63) is 265 Å². The Morgan fingerprint density at radius 2 is 0.683 bits per heavy atom. The molecule has 0 bridgehead atoms. The highest BCUT2D eigenvalue weighted by Crippen LogP contribution is 2.54. The van der Waals surface area contributed by atoms with Crippen molar-refractivity contribution in [3.8, 4) is 44.5 Å². The highest BCUT2D eigenvalue weighted by molar-refractivity contribution is 7.01. The largest absolute Gasteiger partial charge is 0.310 e. The van der Waals surface area contributed by atoms with Gasteiger partial charge in [0, 0.05) is 56.4 Å². The summed E-state index contributed by atoms with van der Waals surface area (Å²) in [5.41, 5.74) is 22.8. The van der Waals surface area contributed by atoms with E-state index in [0.29, 0.717) is 11.4 Å². The Morgan fingerprint density at radius 1 is 0.341 bits per heavy atom. The fourth-order valence-electron chi connectivity index (χ4n) is 12.6. The number of hydrogen-bond acceptors (Lipinski definition) is 3. The molecule has 0 aromatic heterocycles. The van der Waals surface area contributed by atoms with Crippen molar-refractivity contribution in [1.29, 1.82) is 0 Å². The van der Waals surface area contributed by atoms with Crippen molar-refractivity contribution in [2.24, 2.45) is 0 Å². The van der Waals surface area contributed by atoms with Crippen LogP contribution >= 0.6 is 0 Å². The molecule has 11 aromatic carbocycles. The fourth-order valence-corrected chi connectivity index (χ4v) is 14.9. The molecule has 8 heteroatoms. The van der Waals surface area contributed by atoms with Gasteiger partial charge in [-0.05, 0) is 149 Å². The molecule has 0 N–H and O–H groups in total.